The van der Waals surface area contributed by atoms with Gasteiger partial charge >= 0.3 is 7.05 Å². The maximum absolute atomic E-state index is 11.2. The average molecular weight is 169 g/mol. The molecule has 1 fully saturated rings. The van der Waals surface area contributed by atoms with Crippen LogP contribution in [0.4, 0.5) is 0 Å². The Kier molecular flexibility index (Phi) is 2.91. The molecule has 0 spiro atoms. The van der Waals surface area contributed by atoms with E-state index >= 15 is 0 Å². The molecule has 1 N–H and O–H groups in total. The van der Waals surface area contributed by atoms with Crippen LogP contribution in [0.2, 0.25) is 6.82 Å². The van der Waals surface area contributed by atoms with E-state index in [1.165, 1.54) is 0 Å². The van der Waals surface area contributed by atoms with Gasteiger partial charge < -0.3 is 9.83 Å². The van der Waals surface area contributed by atoms with Crippen LogP contribution in [0.5, 0.6) is 0 Å². The third-order valence-electron chi connectivity index (χ3n) is 2.50. The van der Waals surface area contributed by atoms with Gasteiger partial charge in [0.25, 0.3) is 0 Å². The van der Waals surface area contributed by atoms with Crippen molar-refractivity contribution in [3.63, 3.8) is 0 Å². The van der Waals surface area contributed by atoms with E-state index in [-0.39, 0.29) is 11.8 Å². The summed E-state index contributed by atoms with van der Waals surface area (Å²) in [7, 11) is -0.496. The van der Waals surface area contributed by atoms with Crippen LogP contribution in [-0.2, 0) is 4.79 Å². The summed E-state index contributed by atoms with van der Waals surface area (Å²) < 4.78 is 0. The molecule has 0 aromatic heterocycles. The summed E-state index contributed by atoms with van der Waals surface area (Å²) in [5.41, 5.74) is 0. The first-order chi connectivity index (χ1) is 5.52. The highest BCUT2D eigenvalue weighted by Gasteiger charge is 2.36. The van der Waals surface area contributed by atoms with Crippen LogP contribution in [-0.4, -0.2) is 35.3 Å². The number of nitrogens with zero attached hydrogens (tertiary/aromatic N) is 1. The van der Waals surface area contributed by atoms with Crippen LogP contribution >= 0.6 is 0 Å². The Bertz CT molecular complexity index is 184. The molecule has 0 unspecified atom stereocenters. The predicted molar refractivity (Wildman–Crippen MR) is 48.8 cm³/mol. The molecule has 1 aliphatic rings. The lowest BCUT2D eigenvalue weighted by atomic mass is 9.83. The minimum absolute atomic E-state index is 0.0556. The predicted octanol–water partition coefficient (Wildman–Crippen LogP) is 0.396. The molecule has 4 heteroatoms. The van der Waals surface area contributed by atoms with Gasteiger partial charge in [-0.3, -0.25) is 4.79 Å². The van der Waals surface area contributed by atoms with E-state index in [2.05, 4.69) is 6.92 Å². The second-order valence-electron chi connectivity index (χ2n) is 3.80. The van der Waals surface area contributed by atoms with E-state index in [0.717, 1.165) is 13.0 Å². The summed E-state index contributed by atoms with van der Waals surface area (Å²) in [6.45, 7) is 6.26. The summed E-state index contributed by atoms with van der Waals surface area (Å²) >= 11 is 0. The number of carbonyl (C=O) groups is 1. The second kappa shape index (κ2) is 3.58. The molecule has 0 radical (unpaired) electrons. The van der Waals surface area contributed by atoms with Crippen LogP contribution in [0.3, 0.4) is 0 Å². The largest absolute Gasteiger partial charge is 0.437 e. The maximum atomic E-state index is 11.2. The average Bonchev–Trinajstić information content (AvgIpc) is 2.31. The molecule has 1 heterocycles. The molecule has 12 heavy (non-hydrogen) atoms. The minimum atomic E-state index is -0.496. The van der Waals surface area contributed by atoms with Gasteiger partial charge in [-0.15, -0.1) is 0 Å². The molecule has 1 saturated heterocycles. The number of ketones is 1. The molecule has 0 aromatic carbocycles. The topological polar surface area (TPSA) is 40.5 Å². The number of carbonyl (C=O) groups excluding carboxylic acids is 1. The van der Waals surface area contributed by atoms with Gasteiger partial charge in [0.05, 0.1) is 6.04 Å². The molecule has 0 bridgehead atoms. The summed E-state index contributed by atoms with van der Waals surface area (Å²) in [4.78, 5) is 13.0. The molecule has 0 amide bonds. The van der Waals surface area contributed by atoms with E-state index in [9.17, 15) is 9.82 Å². The van der Waals surface area contributed by atoms with Crippen molar-refractivity contribution in [1.29, 1.82) is 0 Å². The first-order valence-electron chi connectivity index (χ1n) is 4.46. The molecule has 1 aliphatic heterocycles. The molecule has 0 aliphatic carbocycles. The molecule has 1 rings (SSSR count). The number of Topliss-reactive ketones (excluding diaryl/α,β-unsaturated/α-hetero) is 1. The lowest BCUT2D eigenvalue weighted by molar-refractivity contribution is -0.120. The smallest absolute Gasteiger partial charge is 0.377 e. The van der Waals surface area contributed by atoms with Gasteiger partial charge in [0.1, 0.15) is 5.78 Å². The Morgan fingerprint density at radius 2 is 2.25 bits per heavy atom. The van der Waals surface area contributed by atoms with Gasteiger partial charge in [0.2, 0.25) is 0 Å². The van der Waals surface area contributed by atoms with Crippen LogP contribution in [0.1, 0.15) is 20.3 Å². The van der Waals surface area contributed by atoms with Crippen molar-refractivity contribution in [2.45, 2.75) is 33.1 Å². The Morgan fingerprint density at radius 3 is 2.58 bits per heavy atom. The third-order valence-corrected chi connectivity index (χ3v) is 2.50. The van der Waals surface area contributed by atoms with Gasteiger partial charge in [-0.1, -0.05) is 6.92 Å². The van der Waals surface area contributed by atoms with Crippen molar-refractivity contribution < 1.29 is 9.82 Å². The quantitative estimate of drug-likeness (QED) is 0.608. The fraction of sp³-hybridized carbons (Fsp3) is 0.875. The van der Waals surface area contributed by atoms with Crippen LogP contribution in [0.15, 0.2) is 0 Å². The minimum Gasteiger partial charge on any atom is -0.437 e. The first kappa shape index (κ1) is 9.74. The second-order valence-corrected chi connectivity index (χ2v) is 3.80. The Labute approximate surface area is 73.9 Å². The molecular formula is C8H16BNO2. The molecular weight excluding hydrogens is 153 g/mol. The highest BCUT2D eigenvalue weighted by Crippen LogP contribution is 2.23. The summed E-state index contributed by atoms with van der Waals surface area (Å²) in [6, 6.07) is -0.0556. The van der Waals surface area contributed by atoms with E-state index in [1.54, 1.807) is 13.7 Å². The standard InChI is InChI=1S/C8H16BNO2/c1-6-4-8(7(2)11)10(5-6)9(3)12/h6,8,12H,4-5H2,1-3H3/t6-,8+/m1/s1. The van der Waals surface area contributed by atoms with Gasteiger partial charge in [0.15, 0.2) is 0 Å². The highest BCUT2D eigenvalue weighted by molar-refractivity contribution is 6.45. The van der Waals surface area contributed by atoms with Crippen molar-refractivity contribution in [2.24, 2.45) is 5.92 Å². The monoisotopic (exact) mass is 169 g/mol. The maximum Gasteiger partial charge on any atom is 0.377 e. The fourth-order valence-electron chi connectivity index (χ4n) is 1.89. The molecule has 0 aromatic rings. The zero-order valence-corrected chi connectivity index (χ0v) is 7.95. The van der Waals surface area contributed by atoms with Gasteiger partial charge in [-0.05, 0) is 32.6 Å². The zero-order valence-electron chi connectivity index (χ0n) is 7.95. The van der Waals surface area contributed by atoms with E-state index < -0.39 is 7.05 Å². The van der Waals surface area contributed by atoms with E-state index in [0.29, 0.717) is 5.92 Å². The van der Waals surface area contributed by atoms with Gasteiger partial charge in [-0.25, -0.2) is 0 Å². The van der Waals surface area contributed by atoms with Crippen LogP contribution in [0.25, 0.3) is 0 Å². The Hall–Kier alpha value is -0.345. The van der Waals surface area contributed by atoms with Crippen molar-refractivity contribution in [1.82, 2.24) is 4.81 Å². The lowest BCUT2D eigenvalue weighted by Gasteiger charge is -2.22. The zero-order chi connectivity index (χ0) is 9.30. The summed E-state index contributed by atoms with van der Waals surface area (Å²) in [5, 5.41) is 9.36. The van der Waals surface area contributed by atoms with Crippen LogP contribution in [0, 0.1) is 5.92 Å². The van der Waals surface area contributed by atoms with Crippen molar-refractivity contribution in [3.8, 4) is 0 Å². The van der Waals surface area contributed by atoms with Crippen molar-refractivity contribution in [2.75, 3.05) is 6.54 Å². The lowest BCUT2D eigenvalue weighted by Crippen LogP contribution is -2.44. The molecule has 2 atom stereocenters. The third kappa shape index (κ3) is 1.87. The number of hydrogen-bond donors (Lipinski definition) is 1. The van der Waals surface area contributed by atoms with Gasteiger partial charge in [0, 0.05) is 0 Å². The Morgan fingerprint density at radius 1 is 1.67 bits per heavy atom. The molecule has 68 valence electrons. The van der Waals surface area contributed by atoms with E-state index in [4.69, 9.17) is 0 Å². The number of rotatable bonds is 2. The normalized spacial score (nSPS) is 30.7. The molecule has 3 nitrogen and oxygen atoms in total. The van der Waals surface area contributed by atoms with Gasteiger partial charge in [-0.2, -0.15) is 0 Å². The van der Waals surface area contributed by atoms with E-state index in [1.807, 2.05) is 4.81 Å². The Balaban J connectivity index is 2.65. The number of hydrogen-bond acceptors (Lipinski definition) is 3. The fourth-order valence-corrected chi connectivity index (χ4v) is 1.89. The summed E-state index contributed by atoms with van der Waals surface area (Å²) in [6.07, 6.45) is 0.889. The van der Waals surface area contributed by atoms with Crippen LogP contribution < -0.4 is 0 Å². The summed E-state index contributed by atoms with van der Waals surface area (Å²) in [5.74, 6) is 0.689. The highest BCUT2D eigenvalue weighted by atomic mass is 16.2. The SMILES string of the molecule is CB(O)N1C[C@H](C)C[C@H]1C(C)=O. The molecule has 0 saturated carbocycles. The van der Waals surface area contributed by atoms with Crippen molar-refractivity contribution >= 4 is 12.8 Å². The van der Waals surface area contributed by atoms with Crippen molar-refractivity contribution in [3.05, 3.63) is 0 Å². The first-order valence-corrected chi connectivity index (χ1v) is 4.46.